The van der Waals surface area contributed by atoms with Crippen molar-refractivity contribution in [2.45, 2.75) is 75.2 Å². The van der Waals surface area contributed by atoms with Crippen LogP contribution in [0.15, 0.2) is 66.6 Å². The van der Waals surface area contributed by atoms with Crippen molar-refractivity contribution in [1.82, 2.24) is 4.72 Å². The number of fused-ring (bicyclic) bond motifs is 3. The van der Waals surface area contributed by atoms with E-state index in [0.29, 0.717) is 43.6 Å². The largest absolute Gasteiger partial charge is 0.490 e. The van der Waals surface area contributed by atoms with Gasteiger partial charge in [-0.25, -0.2) is 13.1 Å². The van der Waals surface area contributed by atoms with Crippen molar-refractivity contribution in [3.63, 3.8) is 0 Å². The topological polar surface area (TPSA) is 84.9 Å². The van der Waals surface area contributed by atoms with E-state index in [1.165, 1.54) is 17.2 Å². The maximum Gasteiger partial charge on any atom is 0.264 e. The van der Waals surface area contributed by atoms with Crippen LogP contribution in [0.25, 0.3) is 0 Å². The summed E-state index contributed by atoms with van der Waals surface area (Å²) in [4.78, 5) is 15.4. The fourth-order valence-electron chi connectivity index (χ4n) is 7.14. The summed E-state index contributed by atoms with van der Waals surface area (Å²) in [7, 11) is -2.41. The minimum Gasteiger partial charge on any atom is -0.490 e. The molecule has 7 nitrogen and oxygen atoms in total. The first-order valence-electron chi connectivity index (χ1n) is 15.6. The first-order chi connectivity index (χ1) is 20.9. The molecule has 1 fully saturated rings. The number of rotatable bonds is 11. The number of hydrogen-bond donors (Lipinski definition) is 1. The van der Waals surface area contributed by atoms with Crippen LogP contribution < -0.4 is 14.4 Å². The number of benzene rings is 2. The number of amides is 1. The van der Waals surface area contributed by atoms with E-state index >= 15 is 0 Å². The molecule has 5 rings (SSSR count). The van der Waals surface area contributed by atoms with Crippen molar-refractivity contribution in [3.8, 4) is 5.75 Å². The number of halogens is 1. The molecule has 1 saturated carbocycles. The summed E-state index contributed by atoms with van der Waals surface area (Å²) < 4.78 is 41.8. The lowest BCUT2D eigenvalue weighted by atomic mass is 9.68. The Labute approximate surface area is 267 Å². The molecule has 0 aromatic heterocycles. The Bertz CT molecular complexity index is 1520. The Balaban J connectivity index is 1.51. The second-order valence-electron chi connectivity index (χ2n) is 13.3. The molecule has 44 heavy (non-hydrogen) atoms. The lowest BCUT2D eigenvalue weighted by Crippen LogP contribution is -2.49. The van der Waals surface area contributed by atoms with Gasteiger partial charge in [-0.3, -0.25) is 4.79 Å². The van der Waals surface area contributed by atoms with Crippen LogP contribution in [0.2, 0.25) is 5.02 Å². The van der Waals surface area contributed by atoms with Crippen LogP contribution >= 0.6 is 11.6 Å². The Morgan fingerprint density at radius 1 is 1.25 bits per heavy atom. The molecule has 0 radical (unpaired) electrons. The molecule has 1 N–H and O–H groups in total. The molecular weight excluding hydrogens is 596 g/mol. The molecule has 4 atom stereocenters. The molecule has 1 spiro atoms. The molecule has 1 aliphatic heterocycles. The Morgan fingerprint density at radius 2 is 2.05 bits per heavy atom. The van der Waals surface area contributed by atoms with E-state index in [2.05, 4.69) is 34.9 Å². The van der Waals surface area contributed by atoms with Gasteiger partial charge >= 0.3 is 0 Å². The standard InChI is InChI=1S/C35H45ClN2O5S/c1-6-8-17-34(3,4)33(39)37-44(40,41)27-13-16-32-30(20-27)38(21-25-11-14-28(25)31(7-2)42-5)22-35(23-43-32)18-9-10-24-19-26(36)12-15-29(24)35/h6-7,12-13,15-16,19-20,25,28,31H,1-2,8-11,14,17-18,21-23H2,3-5H3,(H,37,39)/t25-,28+,31+,35-/m0/s1. The van der Waals surface area contributed by atoms with Crippen LogP contribution in [0.3, 0.4) is 0 Å². The maximum atomic E-state index is 13.6. The Hall–Kier alpha value is -2.81. The summed E-state index contributed by atoms with van der Waals surface area (Å²) in [5.41, 5.74) is 2.07. The Morgan fingerprint density at radius 3 is 2.73 bits per heavy atom. The molecular formula is C35H45ClN2O5S. The van der Waals surface area contributed by atoms with Crippen LogP contribution in [0.4, 0.5) is 5.69 Å². The minimum absolute atomic E-state index is 0.0330. The molecule has 1 amide bonds. The molecule has 2 aromatic rings. The van der Waals surface area contributed by atoms with E-state index in [-0.39, 0.29) is 16.4 Å². The quantitative estimate of drug-likeness (QED) is 0.271. The van der Waals surface area contributed by atoms with E-state index in [4.69, 9.17) is 21.1 Å². The zero-order chi connectivity index (χ0) is 31.7. The van der Waals surface area contributed by atoms with Crippen molar-refractivity contribution < 1.29 is 22.7 Å². The fraction of sp³-hybridized carbons (Fsp3) is 0.514. The van der Waals surface area contributed by atoms with Crippen LogP contribution in [0.5, 0.6) is 5.75 Å². The van der Waals surface area contributed by atoms with Crippen molar-refractivity contribution >= 4 is 33.2 Å². The van der Waals surface area contributed by atoms with Crippen molar-refractivity contribution in [1.29, 1.82) is 0 Å². The number of nitrogens with one attached hydrogen (secondary N) is 1. The summed E-state index contributed by atoms with van der Waals surface area (Å²) in [5, 5.41) is 0.729. The highest BCUT2D eigenvalue weighted by molar-refractivity contribution is 7.90. The molecule has 2 aromatic carbocycles. The third-order valence-corrected chi connectivity index (χ3v) is 11.6. The number of carbonyl (C=O) groups is 1. The number of allylic oxidation sites excluding steroid dienone is 1. The van der Waals surface area contributed by atoms with E-state index in [1.807, 2.05) is 12.1 Å². The van der Waals surface area contributed by atoms with E-state index in [1.54, 1.807) is 39.2 Å². The summed E-state index contributed by atoms with van der Waals surface area (Å²) in [6.07, 6.45) is 9.73. The third kappa shape index (κ3) is 6.44. The van der Waals surface area contributed by atoms with Gasteiger partial charge in [-0.1, -0.05) is 43.7 Å². The summed E-state index contributed by atoms with van der Waals surface area (Å²) in [5.74, 6) is 0.788. The highest BCUT2D eigenvalue weighted by Crippen LogP contribution is 2.47. The normalized spacial score (nSPS) is 23.8. The SMILES string of the molecule is C=CCCC(C)(C)C(=O)NS(=O)(=O)c1ccc2c(c1)N(C[C@@H]1CC[C@H]1[C@@H](C=C)OC)C[C@@]1(CCCc3cc(Cl)ccc31)CO2. The van der Waals surface area contributed by atoms with Gasteiger partial charge in [-0.15, -0.1) is 13.2 Å². The molecule has 2 aliphatic carbocycles. The zero-order valence-electron chi connectivity index (χ0n) is 26.1. The van der Waals surface area contributed by atoms with Crippen LogP contribution in [0, 0.1) is 17.3 Å². The van der Waals surface area contributed by atoms with Gasteiger partial charge in [0.05, 0.1) is 23.3 Å². The monoisotopic (exact) mass is 640 g/mol. The molecule has 238 valence electrons. The summed E-state index contributed by atoms with van der Waals surface area (Å²) >= 11 is 6.40. The minimum atomic E-state index is -4.13. The van der Waals surface area contributed by atoms with Crippen molar-refractivity contribution in [2.24, 2.45) is 17.3 Å². The van der Waals surface area contributed by atoms with Gasteiger partial charge in [-0.05, 0) is 98.2 Å². The fourth-order valence-corrected chi connectivity index (χ4v) is 8.49. The average molecular weight is 641 g/mol. The number of ether oxygens (including phenoxy) is 2. The van der Waals surface area contributed by atoms with Crippen LogP contribution in [-0.4, -0.2) is 47.2 Å². The van der Waals surface area contributed by atoms with Crippen molar-refractivity contribution in [3.05, 3.63) is 77.9 Å². The molecule has 0 unspecified atom stereocenters. The smallest absolute Gasteiger partial charge is 0.264 e. The van der Waals surface area contributed by atoms with Crippen LogP contribution in [0.1, 0.15) is 63.5 Å². The Kier molecular flexibility index (Phi) is 9.55. The van der Waals surface area contributed by atoms with Gasteiger partial charge in [0.25, 0.3) is 10.0 Å². The summed E-state index contributed by atoms with van der Waals surface area (Å²) in [6, 6.07) is 11.1. The van der Waals surface area contributed by atoms with Crippen molar-refractivity contribution in [2.75, 3.05) is 31.7 Å². The number of hydrogen-bond acceptors (Lipinski definition) is 6. The van der Waals surface area contributed by atoms with Gasteiger partial charge in [0.15, 0.2) is 0 Å². The first kappa shape index (κ1) is 32.6. The van der Waals surface area contributed by atoms with Gasteiger partial charge in [0, 0.05) is 36.1 Å². The number of methoxy groups -OCH3 is 1. The predicted molar refractivity (Wildman–Crippen MR) is 176 cm³/mol. The number of anilines is 1. The van der Waals surface area contributed by atoms with Crippen LogP contribution in [-0.2, 0) is 31.4 Å². The molecule has 9 heteroatoms. The number of sulfonamides is 1. The van der Waals surface area contributed by atoms with Gasteiger partial charge in [0.1, 0.15) is 5.75 Å². The second-order valence-corrected chi connectivity index (χ2v) is 15.4. The first-order valence-corrected chi connectivity index (χ1v) is 17.4. The second kappa shape index (κ2) is 12.9. The van der Waals surface area contributed by atoms with E-state index in [9.17, 15) is 13.2 Å². The molecule has 0 bridgehead atoms. The third-order valence-electron chi connectivity index (χ3n) is 9.99. The predicted octanol–water partition coefficient (Wildman–Crippen LogP) is 6.84. The molecule has 1 heterocycles. The average Bonchev–Trinajstić information content (AvgIpc) is 3.13. The molecule has 3 aliphatic rings. The number of nitrogens with zero attached hydrogens (tertiary/aromatic N) is 1. The highest BCUT2D eigenvalue weighted by atomic mass is 35.5. The van der Waals surface area contributed by atoms with Gasteiger partial charge < -0.3 is 14.4 Å². The lowest BCUT2D eigenvalue weighted by molar-refractivity contribution is -0.127. The van der Waals surface area contributed by atoms with Gasteiger partial charge in [-0.2, -0.15) is 0 Å². The number of carbonyl (C=O) groups excluding carboxylic acids is 1. The maximum absolute atomic E-state index is 13.6. The van der Waals surface area contributed by atoms with E-state index < -0.39 is 21.3 Å². The molecule has 0 saturated heterocycles. The lowest BCUT2D eigenvalue weighted by Gasteiger charge is -2.46. The number of aryl methyl sites for hydroxylation is 1. The highest BCUT2D eigenvalue weighted by Gasteiger charge is 2.44. The zero-order valence-corrected chi connectivity index (χ0v) is 27.7. The van der Waals surface area contributed by atoms with E-state index in [0.717, 1.165) is 49.4 Å². The summed E-state index contributed by atoms with van der Waals surface area (Å²) in [6.45, 7) is 13.1. The van der Waals surface area contributed by atoms with Gasteiger partial charge in [0.2, 0.25) is 5.91 Å².